The number of rotatable bonds is 4. The summed E-state index contributed by atoms with van der Waals surface area (Å²) in [5.41, 5.74) is 1.18. The minimum absolute atomic E-state index is 0.0868. The number of carbonyl (C=O) groups is 1. The molecule has 0 spiro atoms. The predicted molar refractivity (Wildman–Crippen MR) is 102 cm³/mol. The fourth-order valence-electron chi connectivity index (χ4n) is 2.65. The average Bonchev–Trinajstić information content (AvgIpc) is 2.74. The van der Waals surface area contributed by atoms with Gasteiger partial charge in [0, 0.05) is 23.1 Å². The Kier molecular flexibility index (Phi) is 5.06. The molecule has 1 N–H and O–H groups in total. The Labute approximate surface area is 152 Å². The van der Waals surface area contributed by atoms with Crippen LogP contribution in [0.2, 0.25) is 0 Å². The van der Waals surface area contributed by atoms with Gasteiger partial charge in [-0.3, -0.25) is 9.10 Å². The molecule has 25 heavy (non-hydrogen) atoms. The van der Waals surface area contributed by atoms with Crippen LogP contribution in [0.4, 0.5) is 11.4 Å². The number of hydrogen-bond donors (Lipinski definition) is 1. The Morgan fingerprint density at radius 1 is 1.20 bits per heavy atom. The van der Waals surface area contributed by atoms with E-state index in [1.54, 1.807) is 49.0 Å². The largest absolute Gasteiger partial charge is 0.325 e. The molecule has 0 bridgehead atoms. The Hall–Kier alpha value is -1.99. The highest BCUT2D eigenvalue weighted by Gasteiger charge is 2.26. The van der Waals surface area contributed by atoms with Crippen LogP contribution in [-0.4, -0.2) is 26.6 Å². The number of sulfonamides is 1. The molecule has 0 aromatic heterocycles. The first-order valence-corrected chi connectivity index (χ1v) is 10.5. The first kappa shape index (κ1) is 17.8. The van der Waals surface area contributed by atoms with Gasteiger partial charge in [0.25, 0.3) is 10.0 Å². The quantitative estimate of drug-likeness (QED) is 0.886. The number of para-hydroxylation sites is 1. The Balaban J connectivity index is 2.01. The van der Waals surface area contributed by atoms with Crippen molar-refractivity contribution in [3.05, 3.63) is 48.5 Å². The first-order valence-electron chi connectivity index (χ1n) is 8.09. The molecule has 5 nitrogen and oxygen atoms in total. The zero-order valence-electron chi connectivity index (χ0n) is 14.1. The molecule has 1 aliphatic heterocycles. The van der Waals surface area contributed by atoms with Crippen molar-refractivity contribution in [1.29, 1.82) is 0 Å². The van der Waals surface area contributed by atoms with Crippen LogP contribution in [0.1, 0.15) is 13.8 Å². The summed E-state index contributed by atoms with van der Waals surface area (Å²) in [6.45, 7) is 3.98. The number of anilines is 2. The van der Waals surface area contributed by atoms with E-state index in [2.05, 4.69) is 5.32 Å². The molecule has 132 valence electrons. The lowest BCUT2D eigenvalue weighted by Gasteiger charge is -2.23. The molecule has 0 saturated heterocycles. The van der Waals surface area contributed by atoms with Crippen molar-refractivity contribution < 1.29 is 13.2 Å². The highest BCUT2D eigenvalue weighted by Crippen LogP contribution is 2.35. The number of benzene rings is 2. The zero-order chi connectivity index (χ0) is 18.0. The Morgan fingerprint density at radius 2 is 1.92 bits per heavy atom. The minimum Gasteiger partial charge on any atom is -0.325 e. The molecule has 2 aromatic rings. The van der Waals surface area contributed by atoms with Crippen molar-refractivity contribution in [3.63, 3.8) is 0 Å². The Bertz CT molecular complexity index is 882. The van der Waals surface area contributed by atoms with Crippen molar-refractivity contribution in [1.82, 2.24) is 0 Å². The van der Waals surface area contributed by atoms with Crippen LogP contribution in [0, 0.1) is 5.92 Å². The molecular weight excluding hydrogens is 356 g/mol. The summed E-state index contributed by atoms with van der Waals surface area (Å²) in [4.78, 5) is 13.1. The SMILES string of the molecule is CCN(c1ccccc1)S(=O)(=O)c1ccc2c(c1)NC(=O)[C@H](C)CS2. The van der Waals surface area contributed by atoms with E-state index in [0.717, 1.165) is 4.90 Å². The Morgan fingerprint density at radius 3 is 2.60 bits per heavy atom. The van der Waals surface area contributed by atoms with E-state index in [9.17, 15) is 13.2 Å². The molecule has 0 aliphatic carbocycles. The first-order chi connectivity index (χ1) is 11.9. The number of carbonyl (C=O) groups excluding carboxylic acids is 1. The van der Waals surface area contributed by atoms with Crippen LogP contribution in [0.5, 0.6) is 0 Å². The van der Waals surface area contributed by atoms with Gasteiger partial charge in [0.15, 0.2) is 0 Å². The van der Waals surface area contributed by atoms with Gasteiger partial charge in [0.05, 0.1) is 16.3 Å². The smallest absolute Gasteiger partial charge is 0.264 e. The van der Waals surface area contributed by atoms with Gasteiger partial charge in [-0.05, 0) is 37.3 Å². The fraction of sp³-hybridized carbons (Fsp3) is 0.278. The highest BCUT2D eigenvalue weighted by atomic mass is 32.2. The summed E-state index contributed by atoms with van der Waals surface area (Å²) in [5, 5.41) is 2.84. The van der Waals surface area contributed by atoms with Crippen molar-refractivity contribution in [2.24, 2.45) is 5.92 Å². The van der Waals surface area contributed by atoms with Crippen molar-refractivity contribution >= 4 is 39.1 Å². The molecule has 0 saturated carbocycles. The number of fused-ring (bicyclic) bond motifs is 1. The van der Waals surface area contributed by atoms with Crippen molar-refractivity contribution in [2.45, 2.75) is 23.6 Å². The van der Waals surface area contributed by atoms with Crippen LogP contribution < -0.4 is 9.62 Å². The number of nitrogens with one attached hydrogen (secondary N) is 1. The summed E-state index contributed by atoms with van der Waals surface area (Å²) in [6.07, 6.45) is 0. The molecule has 0 radical (unpaired) electrons. The number of thioether (sulfide) groups is 1. The van der Waals surface area contributed by atoms with Crippen molar-refractivity contribution in [2.75, 3.05) is 21.9 Å². The lowest BCUT2D eigenvalue weighted by molar-refractivity contribution is -0.118. The van der Waals surface area contributed by atoms with Gasteiger partial charge in [-0.2, -0.15) is 0 Å². The van der Waals surface area contributed by atoms with Gasteiger partial charge in [0.2, 0.25) is 5.91 Å². The molecule has 2 aromatic carbocycles. The fourth-order valence-corrected chi connectivity index (χ4v) is 5.16. The maximum atomic E-state index is 13.1. The van der Waals surface area contributed by atoms with Crippen molar-refractivity contribution in [3.8, 4) is 0 Å². The van der Waals surface area contributed by atoms with Gasteiger partial charge >= 0.3 is 0 Å². The van der Waals surface area contributed by atoms with E-state index in [0.29, 0.717) is 23.7 Å². The molecule has 7 heteroatoms. The van der Waals surface area contributed by atoms with E-state index in [1.807, 2.05) is 25.1 Å². The summed E-state index contributed by atoms with van der Waals surface area (Å²) < 4.78 is 27.5. The molecule has 0 fully saturated rings. The lowest BCUT2D eigenvalue weighted by atomic mass is 10.2. The standard InChI is InChI=1S/C18H20N2O3S2/c1-3-20(14-7-5-4-6-8-14)25(22,23)15-9-10-17-16(11-15)19-18(21)13(2)12-24-17/h4-11,13H,3,12H2,1-2H3,(H,19,21)/t13-/m1/s1. The third kappa shape index (κ3) is 3.52. The summed E-state index contributed by atoms with van der Waals surface area (Å²) >= 11 is 1.56. The molecule has 1 amide bonds. The van der Waals surface area contributed by atoms with E-state index in [1.165, 1.54) is 4.31 Å². The van der Waals surface area contributed by atoms with Crippen LogP contribution >= 0.6 is 11.8 Å². The van der Waals surface area contributed by atoms with Crippen LogP contribution in [-0.2, 0) is 14.8 Å². The highest BCUT2D eigenvalue weighted by molar-refractivity contribution is 7.99. The maximum absolute atomic E-state index is 13.1. The van der Waals surface area contributed by atoms with E-state index >= 15 is 0 Å². The topological polar surface area (TPSA) is 66.5 Å². The van der Waals surface area contributed by atoms with Crippen LogP contribution in [0.3, 0.4) is 0 Å². The van der Waals surface area contributed by atoms with Gasteiger partial charge < -0.3 is 5.32 Å². The number of nitrogens with zero attached hydrogens (tertiary/aromatic N) is 1. The summed E-state index contributed by atoms with van der Waals surface area (Å²) in [7, 11) is -3.71. The number of hydrogen-bond acceptors (Lipinski definition) is 4. The van der Waals surface area contributed by atoms with E-state index < -0.39 is 10.0 Å². The maximum Gasteiger partial charge on any atom is 0.264 e. The predicted octanol–water partition coefficient (Wildman–Crippen LogP) is 3.58. The lowest BCUT2D eigenvalue weighted by Crippen LogP contribution is -2.30. The van der Waals surface area contributed by atoms with Gasteiger partial charge in [-0.15, -0.1) is 11.8 Å². The average molecular weight is 377 g/mol. The second-order valence-corrected chi connectivity index (χ2v) is 8.79. The van der Waals surface area contributed by atoms with Gasteiger partial charge in [-0.1, -0.05) is 25.1 Å². The normalized spacial score (nSPS) is 17.4. The summed E-state index contributed by atoms with van der Waals surface area (Å²) in [6, 6.07) is 13.9. The van der Waals surface area contributed by atoms with Gasteiger partial charge in [-0.25, -0.2) is 8.42 Å². The second-order valence-electron chi connectivity index (χ2n) is 5.86. The third-order valence-corrected chi connectivity index (χ3v) is 7.30. The van der Waals surface area contributed by atoms with E-state index in [4.69, 9.17) is 0 Å². The minimum atomic E-state index is -3.71. The molecule has 3 rings (SSSR count). The van der Waals surface area contributed by atoms with Crippen LogP contribution in [0.15, 0.2) is 58.3 Å². The van der Waals surface area contributed by atoms with Crippen LogP contribution in [0.25, 0.3) is 0 Å². The number of amides is 1. The molecule has 1 aliphatic rings. The molecular formula is C18H20N2O3S2. The monoisotopic (exact) mass is 376 g/mol. The zero-order valence-corrected chi connectivity index (χ0v) is 15.7. The summed E-state index contributed by atoms with van der Waals surface area (Å²) in [5.74, 6) is 0.473. The van der Waals surface area contributed by atoms with Gasteiger partial charge in [0.1, 0.15) is 0 Å². The molecule has 0 unspecified atom stereocenters. The molecule has 1 heterocycles. The molecule has 1 atom stereocenters. The third-order valence-electron chi connectivity index (χ3n) is 4.06. The second kappa shape index (κ2) is 7.09. The van der Waals surface area contributed by atoms with E-state index in [-0.39, 0.29) is 16.7 Å².